The molecule has 0 aliphatic rings. The Morgan fingerprint density at radius 1 is 1.64 bits per heavy atom. The standard InChI is InChI=1S/C11H16N2O/c1-5-9-7-10(13(4)12-9)11(14)6-8(2)3/h7H,2,5-6H2,1,3-4H3. The second-order valence-corrected chi connectivity index (χ2v) is 3.56. The third kappa shape index (κ3) is 2.31. The lowest BCUT2D eigenvalue weighted by atomic mass is 10.1. The summed E-state index contributed by atoms with van der Waals surface area (Å²) >= 11 is 0. The van der Waals surface area contributed by atoms with Crippen LogP contribution in [0.25, 0.3) is 0 Å². The summed E-state index contributed by atoms with van der Waals surface area (Å²) in [6.07, 6.45) is 1.26. The van der Waals surface area contributed by atoms with Gasteiger partial charge in [0.15, 0.2) is 5.78 Å². The van der Waals surface area contributed by atoms with E-state index in [2.05, 4.69) is 11.7 Å². The van der Waals surface area contributed by atoms with Gasteiger partial charge in [0.25, 0.3) is 0 Å². The summed E-state index contributed by atoms with van der Waals surface area (Å²) in [6, 6.07) is 1.85. The number of hydrogen-bond donors (Lipinski definition) is 0. The maximum absolute atomic E-state index is 11.7. The Labute approximate surface area is 84.4 Å². The first kappa shape index (κ1) is 10.7. The normalized spacial score (nSPS) is 10.2. The molecule has 0 saturated heterocycles. The van der Waals surface area contributed by atoms with Gasteiger partial charge >= 0.3 is 0 Å². The highest BCUT2D eigenvalue weighted by Crippen LogP contribution is 2.09. The zero-order valence-electron chi connectivity index (χ0n) is 9.00. The molecule has 0 atom stereocenters. The maximum atomic E-state index is 11.7. The van der Waals surface area contributed by atoms with E-state index in [1.165, 1.54) is 0 Å². The second kappa shape index (κ2) is 4.22. The Kier molecular flexibility index (Phi) is 3.23. The average Bonchev–Trinajstić information content (AvgIpc) is 2.45. The van der Waals surface area contributed by atoms with E-state index in [0.717, 1.165) is 17.7 Å². The molecule has 0 fully saturated rings. The van der Waals surface area contributed by atoms with Gasteiger partial charge in [-0.2, -0.15) is 5.10 Å². The number of hydrogen-bond acceptors (Lipinski definition) is 2. The highest BCUT2D eigenvalue weighted by Gasteiger charge is 2.12. The molecule has 3 nitrogen and oxygen atoms in total. The molecule has 0 radical (unpaired) electrons. The lowest BCUT2D eigenvalue weighted by Crippen LogP contribution is -2.06. The van der Waals surface area contributed by atoms with Gasteiger partial charge < -0.3 is 0 Å². The number of allylic oxidation sites excluding steroid dienone is 1. The van der Waals surface area contributed by atoms with Gasteiger partial charge in [-0.3, -0.25) is 9.48 Å². The Morgan fingerprint density at radius 3 is 2.71 bits per heavy atom. The van der Waals surface area contributed by atoms with Crippen molar-refractivity contribution in [2.24, 2.45) is 7.05 Å². The molecule has 1 aromatic heterocycles. The van der Waals surface area contributed by atoms with Crippen LogP contribution in [-0.2, 0) is 13.5 Å². The minimum atomic E-state index is 0.0900. The topological polar surface area (TPSA) is 34.9 Å². The number of rotatable bonds is 4. The van der Waals surface area contributed by atoms with Gasteiger partial charge in [-0.15, -0.1) is 0 Å². The molecule has 0 N–H and O–H groups in total. The van der Waals surface area contributed by atoms with E-state index >= 15 is 0 Å². The van der Waals surface area contributed by atoms with Gasteiger partial charge in [0.1, 0.15) is 5.69 Å². The summed E-state index contributed by atoms with van der Waals surface area (Å²) in [4.78, 5) is 11.7. The number of carbonyl (C=O) groups is 1. The fourth-order valence-corrected chi connectivity index (χ4v) is 1.33. The zero-order chi connectivity index (χ0) is 10.7. The summed E-state index contributed by atoms with van der Waals surface area (Å²) < 4.78 is 1.64. The molecule has 0 bridgehead atoms. The van der Waals surface area contributed by atoms with Crippen LogP contribution in [0.4, 0.5) is 0 Å². The van der Waals surface area contributed by atoms with Crippen molar-refractivity contribution in [2.75, 3.05) is 0 Å². The van der Waals surface area contributed by atoms with Gasteiger partial charge in [-0.05, 0) is 19.4 Å². The molecular weight excluding hydrogens is 176 g/mol. The van der Waals surface area contributed by atoms with Crippen molar-refractivity contribution in [3.05, 3.63) is 29.6 Å². The van der Waals surface area contributed by atoms with Crippen LogP contribution in [0.15, 0.2) is 18.2 Å². The van der Waals surface area contributed by atoms with Crippen molar-refractivity contribution in [3.8, 4) is 0 Å². The summed E-state index contributed by atoms with van der Waals surface area (Å²) in [6.45, 7) is 7.61. The van der Waals surface area contributed by atoms with Crippen molar-refractivity contribution in [3.63, 3.8) is 0 Å². The monoisotopic (exact) mass is 192 g/mol. The molecule has 1 rings (SSSR count). The Morgan fingerprint density at radius 2 is 2.29 bits per heavy atom. The first-order chi connectivity index (χ1) is 6.54. The second-order valence-electron chi connectivity index (χ2n) is 3.56. The molecule has 0 unspecified atom stereocenters. The molecule has 1 aromatic rings. The zero-order valence-corrected chi connectivity index (χ0v) is 9.00. The molecule has 76 valence electrons. The number of ketones is 1. The molecule has 3 heteroatoms. The average molecular weight is 192 g/mol. The van der Waals surface area contributed by atoms with Crippen molar-refractivity contribution in [1.29, 1.82) is 0 Å². The predicted octanol–water partition coefficient (Wildman–Crippen LogP) is 2.13. The van der Waals surface area contributed by atoms with E-state index in [9.17, 15) is 4.79 Å². The van der Waals surface area contributed by atoms with Crippen molar-refractivity contribution < 1.29 is 4.79 Å². The number of carbonyl (C=O) groups excluding carboxylic acids is 1. The molecule has 0 aromatic carbocycles. The molecular formula is C11H16N2O. The Balaban J connectivity index is 2.89. The summed E-state index contributed by atoms with van der Waals surface area (Å²) in [5, 5.41) is 4.22. The summed E-state index contributed by atoms with van der Waals surface area (Å²) in [7, 11) is 1.80. The first-order valence-corrected chi connectivity index (χ1v) is 4.75. The van der Waals surface area contributed by atoms with Gasteiger partial charge in [0.05, 0.1) is 5.69 Å². The highest BCUT2D eigenvalue weighted by atomic mass is 16.1. The van der Waals surface area contributed by atoms with Crippen LogP contribution in [0.1, 0.15) is 36.5 Å². The molecule has 14 heavy (non-hydrogen) atoms. The van der Waals surface area contributed by atoms with Crippen LogP contribution < -0.4 is 0 Å². The van der Waals surface area contributed by atoms with E-state index in [4.69, 9.17) is 0 Å². The molecule has 0 amide bonds. The van der Waals surface area contributed by atoms with Crippen LogP contribution >= 0.6 is 0 Å². The number of aromatic nitrogens is 2. The van der Waals surface area contributed by atoms with Crippen LogP contribution in [-0.4, -0.2) is 15.6 Å². The summed E-state index contributed by atoms with van der Waals surface area (Å²) in [5.41, 5.74) is 2.51. The molecule has 1 heterocycles. The van der Waals surface area contributed by atoms with Crippen molar-refractivity contribution >= 4 is 5.78 Å². The van der Waals surface area contributed by atoms with Gasteiger partial charge in [-0.1, -0.05) is 19.1 Å². The fraction of sp³-hybridized carbons (Fsp3) is 0.455. The van der Waals surface area contributed by atoms with Gasteiger partial charge in [-0.25, -0.2) is 0 Å². The number of aryl methyl sites for hydroxylation is 2. The molecule has 0 saturated carbocycles. The van der Waals surface area contributed by atoms with E-state index in [1.807, 2.05) is 19.9 Å². The summed E-state index contributed by atoms with van der Waals surface area (Å²) in [5.74, 6) is 0.0900. The minimum Gasteiger partial charge on any atom is -0.292 e. The smallest absolute Gasteiger partial charge is 0.184 e. The van der Waals surface area contributed by atoms with Crippen molar-refractivity contribution in [1.82, 2.24) is 9.78 Å². The van der Waals surface area contributed by atoms with E-state index in [1.54, 1.807) is 11.7 Å². The van der Waals surface area contributed by atoms with E-state index in [0.29, 0.717) is 12.1 Å². The van der Waals surface area contributed by atoms with Crippen LogP contribution in [0.2, 0.25) is 0 Å². The van der Waals surface area contributed by atoms with Gasteiger partial charge in [0.2, 0.25) is 0 Å². The fourth-order valence-electron chi connectivity index (χ4n) is 1.33. The van der Waals surface area contributed by atoms with E-state index < -0.39 is 0 Å². The lowest BCUT2D eigenvalue weighted by molar-refractivity contribution is 0.0984. The quantitative estimate of drug-likeness (QED) is 0.541. The highest BCUT2D eigenvalue weighted by molar-refractivity contribution is 5.96. The predicted molar refractivity (Wildman–Crippen MR) is 56.3 cm³/mol. The number of nitrogens with zero attached hydrogens (tertiary/aromatic N) is 2. The molecule has 0 spiro atoms. The molecule has 0 aliphatic heterocycles. The van der Waals surface area contributed by atoms with Gasteiger partial charge in [0, 0.05) is 13.5 Å². The van der Waals surface area contributed by atoms with Crippen LogP contribution in [0.5, 0.6) is 0 Å². The Hall–Kier alpha value is -1.38. The van der Waals surface area contributed by atoms with E-state index in [-0.39, 0.29) is 5.78 Å². The Bertz CT molecular complexity index is 363. The molecule has 0 aliphatic carbocycles. The lowest BCUT2D eigenvalue weighted by Gasteiger charge is -1.99. The SMILES string of the molecule is C=C(C)CC(=O)c1cc(CC)nn1C. The van der Waals surface area contributed by atoms with Crippen molar-refractivity contribution in [2.45, 2.75) is 26.7 Å². The maximum Gasteiger partial charge on any atom is 0.184 e. The first-order valence-electron chi connectivity index (χ1n) is 4.75. The largest absolute Gasteiger partial charge is 0.292 e. The van der Waals surface area contributed by atoms with Crippen LogP contribution in [0, 0.1) is 0 Å². The third-order valence-electron chi connectivity index (χ3n) is 2.04. The number of Topliss-reactive ketones (excluding diaryl/α,β-unsaturated/α-hetero) is 1. The third-order valence-corrected chi connectivity index (χ3v) is 2.04. The van der Waals surface area contributed by atoms with Crippen LogP contribution in [0.3, 0.4) is 0 Å². The minimum absolute atomic E-state index is 0.0900.